The lowest BCUT2D eigenvalue weighted by Gasteiger charge is -2.05. The maximum Gasteiger partial charge on any atom is 0.125 e. The molecule has 0 amide bonds. The van der Waals surface area contributed by atoms with Gasteiger partial charge < -0.3 is 5.73 Å². The Labute approximate surface area is 92.0 Å². The van der Waals surface area contributed by atoms with Crippen LogP contribution in [-0.2, 0) is 0 Å². The van der Waals surface area contributed by atoms with Crippen molar-refractivity contribution in [2.24, 2.45) is 0 Å². The molecule has 0 aliphatic rings. The predicted octanol–water partition coefficient (Wildman–Crippen LogP) is 2.34. The molecule has 3 nitrogen and oxygen atoms in total. The molecule has 0 saturated carbocycles. The van der Waals surface area contributed by atoms with Crippen molar-refractivity contribution in [2.75, 3.05) is 5.73 Å². The zero-order valence-corrected chi connectivity index (χ0v) is 8.31. The topological polar surface area (TPSA) is 62.7 Å². The molecule has 0 atom stereocenters. The minimum atomic E-state index is -0.453. The molecule has 2 N–H and O–H groups in total. The molecule has 78 valence electrons. The van der Waals surface area contributed by atoms with E-state index in [1.807, 2.05) is 6.07 Å². The van der Waals surface area contributed by atoms with Gasteiger partial charge in [-0.1, -0.05) is 0 Å². The van der Waals surface area contributed by atoms with E-state index in [2.05, 4.69) is 4.98 Å². The highest BCUT2D eigenvalue weighted by molar-refractivity contribution is 5.76. The first kappa shape index (κ1) is 10.1. The Morgan fingerprint density at radius 2 is 2.12 bits per heavy atom. The third-order valence-electron chi connectivity index (χ3n) is 2.19. The summed E-state index contributed by atoms with van der Waals surface area (Å²) in [6, 6.07) is 7.70. The van der Waals surface area contributed by atoms with Crippen LogP contribution in [0.5, 0.6) is 0 Å². The Balaban J connectivity index is 2.61. The van der Waals surface area contributed by atoms with Gasteiger partial charge in [-0.2, -0.15) is 5.26 Å². The van der Waals surface area contributed by atoms with Crippen molar-refractivity contribution >= 4 is 5.69 Å². The van der Waals surface area contributed by atoms with E-state index in [0.717, 1.165) is 0 Å². The summed E-state index contributed by atoms with van der Waals surface area (Å²) in [5.74, 6) is -0.453. The summed E-state index contributed by atoms with van der Waals surface area (Å²) in [6.45, 7) is 0. The summed E-state index contributed by atoms with van der Waals surface area (Å²) < 4.78 is 13.2. The third-order valence-corrected chi connectivity index (χ3v) is 2.19. The van der Waals surface area contributed by atoms with E-state index < -0.39 is 5.82 Å². The normalized spacial score (nSPS) is 9.75. The minimum absolute atomic E-state index is 0.270. The number of aromatic nitrogens is 1. The van der Waals surface area contributed by atoms with Gasteiger partial charge in [0.2, 0.25) is 0 Å². The first-order valence-electron chi connectivity index (χ1n) is 4.61. The average Bonchev–Trinajstić information content (AvgIpc) is 2.28. The van der Waals surface area contributed by atoms with Crippen LogP contribution < -0.4 is 5.73 Å². The van der Waals surface area contributed by atoms with Crippen molar-refractivity contribution in [3.63, 3.8) is 0 Å². The zero-order chi connectivity index (χ0) is 11.5. The largest absolute Gasteiger partial charge is 0.397 e. The molecule has 0 unspecified atom stereocenters. The maximum absolute atomic E-state index is 13.2. The van der Waals surface area contributed by atoms with Crippen LogP contribution in [0.4, 0.5) is 10.1 Å². The minimum Gasteiger partial charge on any atom is -0.397 e. The van der Waals surface area contributed by atoms with Gasteiger partial charge >= 0.3 is 0 Å². The molecule has 1 heterocycles. The molecule has 0 radical (unpaired) electrons. The van der Waals surface area contributed by atoms with Gasteiger partial charge in [-0.25, -0.2) is 4.39 Å². The summed E-state index contributed by atoms with van der Waals surface area (Å²) in [5.41, 5.74) is 7.70. The SMILES string of the molecule is N#Cc1cc(F)cc(-c2ccncc2N)c1. The highest BCUT2D eigenvalue weighted by Crippen LogP contribution is 2.26. The maximum atomic E-state index is 13.2. The van der Waals surface area contributed by atoms with E-state index in [-0.39, 0.29) is 5.56 Å². The fourth-order valence-corrected chi connectivity index (χ4v) is 1.48. The highest BCUT2D eigenvalue weighted by atomic mass is 19.1. The zero-order valence-electron chi connectivity index (χ0n) is 8.31. The van der Waals surface area contributed by atoms with Gasteiger partial charge in [0.1, 0.15) is 5.82 Å². The molecule has 0 saturated heterocycles. The number of nitrogens with two attached hydrogens (primary N) is 1. The highest BCUT2D eigenvalue weighted by Gasteiger charge is 2.05. The molecule has 1 aromatic heterocycles. The number of hydrogen-bond donors (Lipinski definition) is 1. The summed E-state index contributed by atoms with van der Waals surface area (Å²) in [7, 11) is 0. The average molecular weight is 213 g/mol. The van der Waals surface area contributed by atoms with Gasteiger partial charge in [0, 0.05) is 11.8 Å². The van der Waals surface area contributed by atoms with E-state index in [9.17, 15) is 4.39 Å². The summed E-state index contributed by atoms with van der Waals surface area (Å²) >= 11 is 0. The van der Waals surface area contributed by atoms with Crippen molar-refractivity contribution in [3.8, 4) is 17.2 Å². The van der Waals surface area contributed by atoms with Crippen molar-refractivity contribution in [1.82, 2.24) is 4.98 Å². The predicted molar refractivity (Wildman–Crippen MR) is 58.8 cm³/mol. The van der Waals surface area contributed by atoms with Crippen LogP contribution in [0.3, 0.4) is 0 Å². The van der Waals surface area contributed by atoms with Crippen molar-refractivity contribution in [3.05, 3.63) is 48.0 Å². The molecule has 0 aliphatic heterocycles. The Morgan fingerprint density at radius 3 is 2.81 bits per heavy atom. The molecular weight excluding hydrogens is 205 g/mol. The van der Waals surface area contributed by atoms with Gasteiger partial charge in [0.05, 0.1) is 23.5 Å². The van der Waals surface area contributed by atoms with Crippen LogP contribution in [-0.4, -0.2) is 4.98 Å². The number of nitrogen functional groups attached to an aromatic ring is 1. The number of anilines is 1. The van der Waals surface area contributed by atoms with E-state index >= 15 is 0 Å². The van der Waals surface area contributed by atoms with Crippen LogP contribution in [0.15, 0.2) is 36.7 Å². The molecule has 0 bridgehead atoms. The lowest BCUT2D eigenvalue weighted by molar-refractivity contribution is 0.628. The quantitative estimate of drug-likeness (QED) is 0.790. The fourth-order valence-electron chi connectivity index (χ4n) is 1.48. The van der Waals surface area contributed by atoms with Crippen molar-refractivity contribution in [1.29, 1.82) is 5.26 Å². The van der Waals surface area contributed by atoms with Crippen LogP contribution >= 0.6 is 0 Å². The first-order chi connectivity index (χ1) is 7.70. The van der Waals surface area contributed by atoms with Gasteiger partial charge in [0.15, 0.2) is 0 Å². The number of nitrogens with zero attached hydrogens (tertiary/aromatic N) is 2. The van der Waals surface area contributed by atoms with Crippen LogP contribution in [0.1, 0.15) is 5.56 Å². The molecule has 0 aliphatic carbocycles. The Kier molecular flexibility index (Phi) is 2.52. The number of rotatable bonds is 1. The van der Waals surface area contributed by atoms with E-state index in [4.69, 9.17) is 11.0 Å². The number of pyridine rings is 1. The number of benzene rings is 1. The molecule has 4 heteroatoms. The third kappa shape index (κ3) is 1.84. The molecule has 2 rings (SSSR count). The van der Waals surface area contributed by atoms with Crippen LogP contribution in [0.2, 0.25) is 0 Å². The summed E-state index contributed by atoms with van der Waals surface area (Å²) in [6.07, 6.45) is 3.06. The molecule has 16 heavy (non-hydrogen) atoms. The van der Waals surface area contributed by atoms with E-state index in [1.165, 1.54) is 18.3 Å². The lowest BCUT2D eigenvalue weighted by atomic mass is 10.0. The van der Waals surface area contributed by atoms with Gasteiger partial charge in [-0.3, -0.25) is 4.98 Å². The van der Waals surface area contributed by atoms with Crippen molar-refractivity contribution in [2.45, 2.75) is 0 Å². The molecule has 2 aromatic rings. The molecule has 0 fully saturated rings. The van der Waals surface area contributed by atoms with Crippen LogP contribution in [0.25, 0.3) is 11.1 Å². The Bertz CT molecular complexity index is 573. The molecular formula is C12H8FN3. The standard InChI is InChI=1S/C12H8FN3/c13-10-4-8(6-14)3-9(5-10)11-1-2-16-7-12(11)15/h1-5,7H,15H2. The van der Waals surface area contributed by atoms with Gasteiger partial charge in [-0.15, -0.1) is 0 Å². The summed E-state index contributed by atoms with van der Waals surface area (Å²) in [5, 5.41) is 8.74. The van der Waals surface area contributed by atoms with Crippen LogP contribution in [0, 0.1) is 17.1 Å². The number of halogens is 1. The van der Waals surface area contributed by atoms with Gasteiger partial charge in [0.25, 0.3) is 0 Å². The Morgan fingerprint density at radius 1 is 1.31 bits per heavy atom. The number of hydrogen-bond acceptors (Lipinski definition) is 3. The van der Waals surface area contributed by atoms with Crippen molar-refractivity contribution < 1.29 is 4.39 Å². The second-order valence-corrected chi connectivity index (χ2v) is 3.30. The smallest absolute Gasteiger partial charge is 0.125 e. The summed E-state index contributed by atoms with van der Waals surface area (Å²) in [4.78, 5) is 3.85. The van der Waals surface area contributed by atoms with E-state index in [1.54, 1.807) is 18.3 Å². The monoisotopic (exact) mass is 213 g/mol. The number of nitriles is 1. The first-order valence-corrected chi connectivity index (χ1v) is 4.61. The van der Waals surface area contributed by atoms with Gasteiger partial charge in [-0.05, 0) is 29.8 Å². The van der Waals surface area contributed by atoms with E-state index in [0.29, 0.717) is 16.8 Å². The molecule has 0 spiro atoms. The Hall–Kier alpha value is -2.41. The molecule has 1 aromatic carbocycles. The lowest BCUT2D eigenvalue weighted by Crippen LogP contribution is -1.92. The second kappa shape index (κ2) is 3.99. The second-order valence-electron chi connectivity index (χ2n) is 3.30. The fraction of sp³-hybridized carbons (Fsp3) is 0.